The summed E-state index contributed by atoms with van der Waals surface area (Å²) < 4.78 is 41.3. The van der Waals surface area contributed by atoms with Crippen molar-refractivity contribution in [1.82, 2.24) is 15.5 Å². The Bertz CT molecular complexity index is 721. The summed E-state index contributed by atoms with van der Waals surface area (Å²) in [7, 11) is 0. The van der Waals surface area contributed by atoms with Gasteiger partial charge in [-0.2, -0.15) is 18.2 Å². The molecule has 122 valence electrons. The molecule has 2 aromatic rings. The van der Waals surface area contributed by atoms with Crippen LogP contribution in [0.3, 0.4) is 0 Å². The fraction of sp³-hybridized carbons (Fsp3) is 0.286. The first kappa shape index (κ1) is 16.7. The maximum Gasteiger partial charge on any atom is 0.471 e. The molecule has 0 radical (unpaired) electrons. The third-order valence-electron chi connectivity index (χ3n) is 2.70. The summed E-state index contributed by atoms with van der Waals surface area (Å²) in [5.41, 5.74) is 0.330. The minimum absolute atomic E-state index is 0.103. The van der Waals surface area contributed by atoms with E-state index in [1.54, 1.807) is 13.8 Å². The van der Waals surface area contributed by atoms with Gasteiger partial charge in [0.15, 0.2) is 0 Å². The lowest BCUT2D eigenvalue weighted by Gasteiger charge is -2.07. The molecule has 9 heteroatoms. The highest BCUT2D eigenvalue weighted by Gasteiger charge is 2.38. The Hall–Kier alpha value is -2.71. The van der Waals surface area contributed by atoms with Gasteiger partial charge < -0.3 is 9.84 Å². The van der Waals surface area contributed by atoms with Gasteiger partial charge in [0.25, 0.3) is 5.91 Å². The summed E-state index contributed by atoms with van der Waals surface area (Å²) >= 11 is 0. The van der Waals surface area contributed by atoms with Gasteiger partial charge in [0.1, 0.15) is 0 Å². The third kappa shape index (κ3) is 3.93. The average molecular weight is 327 g/mol. The highest BCUT2D eigenvalue weighted by molar-refractivity contribution is 6.42. The van der Waals surface area contributed by atoms with Crippen LogP contribution in [0.4, 0.5) is 13.2 Å². The van der Waals surface area contributed by atoms with Crippen molar-refractivity contribution in [3.63, 3.8) is 0 Å². The van der Waals surface area contributed by atoms with Gasteiger partial charge in [-0.25, -0.2) is 0 Å². The van der Waals surface area contributed by atoms with Crippen LogP contribution >= 0.6 is 0 Å². The zero-order chi connectivity index (χ0) is 17.2. The van der Waals surface area contributed by atoms with Crippen LogP contribution in [0.5, 0.6) is 0 Å². The van der Waals surface area contributed by atoms with Gasteiger partial charge in [0.2, 0.25) is 11.6 Å². The number of hydrogen-bond donors (Lipinski definition) is 1. The Morgan fingerprint density at radius 1 is 1.17 bits per heavy atom. The van der Waals surface area contributed by atoms with Crippen LogP contribution in [0, 0.1) is 0 Å². The van der Waals surface area contributed by atoms with Crippen molar-refractivity contribution in [1.29, 1.82) is 0 Å². The van der Waals surface area contributed by atoms with Crippen LogP contribution in [0.2, 0.25) is 0 Å². The molecule has 0 spiro atoms. The highest BCUT2D eigenvalue weighted by Crippen LogP contribution is 2.29. The molecule has 0 fully saturated rings. The number of hydrogen-bond acceptors (Lipinski definition) is 5. The van der Waals surface area contributed by atoms with E-state index in [1.165, 1.54) is 24.3 Å². The van der Waals surface area contributed by atoms with E-state index in [4.69, 9.17) is 0 Å². The molecule has 0 aliphatic carbocycles. The van der Waals surface area contributed by atoms with Gasteiger partial charge in [-0.05, 0) is 13.8 Å². The van der Waals surface area contributed by atoms with E-state index in [9.17, 15) is 22.8 Å². The lowest BCUT2D eigenvalue weighted by Crippen LogP contribution is -2.35. The number of nitrogens with zero attached hydrogens (tertiary/aromatic N) is 2. The molecule has 0 bridgehead atoms. The molecule has 1 N–H and O–H groups in total. The normalized spacial score (nSPS) is 11.6. The molecule has 0 atom stereocenters. The fourth-order valence-electron chi connectivity index (χ4n) is 1.69. The van der Waals surface area contributed by atoms with Crippen molar-refractivity contribution in [2.75, 3.05) is 0 Å². The Morgan fingerprint density at radius 2 is 1.78 bits per heavy atom. The molecule has 2 rings (SSSR count). The molecule has 1 aromatic carbocycles. The summed E-state index contributed by atoms with van der Waals surface area (Å²) in [4.78, 5) is 26.7. The second kappa shape index (κ2) is 6.19. The number of aromatic nitrogens is 2. The fourth-order valence-corrected chi connectivity index (χ4v) is 1.69. The number of Topliss-reactive ketones (excluding diaryl/α,β-unsaturated/α-hetero) is 1. The van der Waals surface area contributed by atoms with Crippen molar-refractivity contribution >= 4 is 11.7 Å². The molecule has 0 saturated heterocycles. The SMILES string of the molecule is CC(C)NC(=O)C(=O)c1ccc(-c2noc(C(F)(F)F)n2)cc1. The van der Waals surface area contributed by atoms with Crippen LogP contribution in [-0.2, 0) is 11.0 Å². The minimum atomic E-state index is -4.73. The van der Waals surface area contributed by atoms with Crippen LogP contribution in [0.25, 0.3) is 11.4 Å². The summed E-state index contributed by atoms with van der Waals surface area (Å²) in [6.07, 6.45) is -4.73. The van der Waals surface area contributed by atoms with Gasteiger partial charge >= 0.3 is 12.1 Å². The monoisotopic (exact) mass is 327 g/mol. The Balaban J connectivity index is 2.18. The maximum atomic E-state index is 12.4. The second-order valence-electron chi connectivity index (χ2n) is 4.96. The standard InChI is InChI=1S/C14H12F3N3O3/c1-7(2)18-12(22)10(21)8-3-5-9(6-4-8)11-19-13(23-20-11)14(15,16)17/h3-7H,1-2H3,(H,18,22). The number of ketones is 1. The first-order chi connectivity index (χ1) is 10.7. The molecular formula is C14H12F3N3O3. The summed E-state index contributed by atoms with van der Waals surface area (Å²) in [6.45, 7) is 3.42. The van der Waals surface area contributed by atoms with Gasteiger partial charge in [-0.15, -0.1) is 0 Å². The molecule has 0 aliphatic heterocycles. The lowest BCUT2D eigenvalue weighted by molar-refractivity contribution is -0.159. The molecule has 1 heterocycles. The number of benzene rings is 1. The van der Waals surface area contributed by atoms with Crippen molar-refractivity contribution in [3.8, 4) is 11.4 Å². The molecule has 0 aliphatic rings. The minimum Gasteiger partial charge on any atom is -0.347 e. The lowest BCUT2D eigenvalue weighted by atomic mass is 10.1. The Morgan fingerprint density at radius 3 is 2.26 bits per heavy atom. The zero-order valence-corrected chi connectivity index (χ0v) is 12.1. The number of carbonyl (C=O) groups is 2. The molecule has 1 aromatic heterocycles. The number of carbonyl (C=O) groups excluding carboxylic acids is 2. The topological polar surface area (TPSA) is 85.1 Å². The van der Waals surface area contributed by atoms with Crippen molar-refractivity contribution in [2.24, 2.45) is 0 Å². The van der Waals surface area contributed by atoms with Crippen molar-refractivity contribution in [2.45, 2.75) is 26.1 Å². The predicted octanol–water partition coefficient (Wildman–Crippen LogP) is 2.46. The molecule has 23 heavy (non-hydrogen) atoms. The van der Waals surface area contributed by atoms with Crippen molar-refractivity contribution < 1.29 is 27.3 Å². The van der Waals surface area contributed by atoms with E-state index in [2.05, 4.69) is 20.0 Å². The quantitative estimate of drug-likeness (QED) is 0.689. The second-order valence-corrected chi connectivity index (χ2v) is 4.96. The summed E-state index contributed by atoms with van der Waals surface area (Å²) in [5, 5.41) is 5.69. The Kier molecular flexibility index (Phi) is 4.48. The zero-order valence-electron chi connectivity index (χ0n) is 12.1. The van der Waals surface area contributed by atoms with E-state index in [-0.39, 0.29) is 23.0 Å². The van der Waals surface area contributed by atoms with E-state index in [0.29, 0.717) is 0 Å². The van der Waals surface area contributed by atoms with E-state index in [1.807, 2.05) is 0 Å². The Labute approximate surface area is 128 Å². The van der Waals surface area contributed by atoms with Crippen LogP contribution in [-0.4, -0.2) is 27.9 Å². The predicted molar refractivity (Wildman–Crippen MR) is 72.3 cm³/mol. The first-order valence-electron chi connectivity index (χ1n) is 6.55. The number of nitrogens with one attached hydrogen (secondary N) is 1. The van der Waals surface area contributed by atoms with Crippen LogP contribution in [0.1, 0.15) is 30.1 Å². The molecule has 6 nitrogen and oxygen atoms in total. The number of halogens is 3. The van der Waals surface area contributed by atoms with Gasteiger partial charge in [-0.3, -0.25) is 9.59 Å². The third-order valence-corrected chi connectivity index (χ3v) is 2.70. The van der Waals surface area contributed by atoms with E-state index in [0.717, 1.165) is 0 Å². The van der Waals surface area contributed by atoms with Crippen LogP contribution < -0.4 is 5.32 Å². The summed E-state index contributed by atoms with van der Waals surface area (Å²) in [6, 6.07) is 5.09. The average Bonchev–Trinajstić information content (AvgIpc) is 2.96. The smallest absolute Gasteiger partial charge is 0.347 e. The van der Waals surface area contributed by atoms with E-state index >= 15 is 0 Å². The highest BCUT2D eigenvalue weighted by atomic mass is 19.4. The number of amides is 1. The molecule has 0 saturated carbocycles. The first-order valence-corrected chi connectivity index (χ1v) is 6.55. The molecule has 0 unspecified atom stereocenters. The van der Waals surface area contributed by atoms with Gasteiger partial charge in [0, 0.05) is 17.2 Å². The largest absolute Gasteiger partial charge is 0.471 e. The van der Waals surface area contributed by atoms with Crippen molar-refractivity contribution in [3.05, 3.63) is 35.7 Å². The summed E-state index contributed by atoms with van der Waals surface area (Å²) in [5.74, 6) is -3.21. The molecular weight excluding hydrogens is 315 g/mol. The number of alkyl halides is 3. The molecule has 1 amide bonds. The van der Waals surface area contributed by atoms with Gasteiger partial charge in [0.05, 0.1) is 0 Å². The number of rotatable bonds is 4. The van der Waals surface area contributed by atoms with E-state index < -0.39 is 23.8 Å². The maximum absolute atomic E-state index is 12.4. The van der Waals surface area contributed by atoms with Gasteiger partial charge in [-0.1, -0.05) is 29.4 Å². The van der Waals surface area contributed by atoms with Crippen LogP contribution in [0.15, 0.2) is 28.8 Å².